The molecular formula is C12H12O2. The lowest BCUT2D eigenvalue weighted by molar-refractivity contribution is 0.111. The first kappa shape index (κ1) is 8.04. The molecule has 1 spiro atoms. The van der Waals surface area contributed by atoms with Crippen LogP contribution in [0.1, 0.15) is 35.2 Å². The van der Waals surface area contributed by atoms with Crippen molar-refractivity contribution in [2.24, 2.45) is 0 Å². The molecule has 2 nitrogen and oxygen atoms in total. The first-order valence-corrected chi connectivity index (χ1v) is 5.07. The average molecular weight is 188 g/mol. The number of hydrogen-bond acceptors (Lipinski definition) is 2. The van der Waals surface area contributed by atoms with Gasteiger partial charge in [-0.25, -0.2) is 0 Å². The third-order valence-electron chi connectivity index (χ3n) is 3.42. The Morgan fingerprint density at radius 1 is 1.29 bits per heavy atom. The standard InChI is InChI=1S/C12H12O2/c13-8-9-2-1-3-10-11(9)14-7-6-12(10)4-5-12/h1-3,8H,4-7H2. The highest BCUT2D eigenvalue weighted by Gasteiger charge is 2.48. The van der Waals surface area contributed by atoms with E-state index < -0.39 is 0 Å². The molecule has 0 radical (unpaired) electrons. The van der Waals surface area contributed by atoms with Gasteiger partial charge in [0.25, 0.3) is 0 Å². The van der Waals surface area contributed by atoms with Gasteiger partial charge in [-0.2, -0.15) is 0 Å². The van der Waals surface area contributed by atoms with E-state index in [4.69, 9.17) is 4.74 Å². The SMILES string of the molecule is O=Cc1cccc2c1OCCC21CC1. The maximum Gasteiger partial charge on any atom is 0.153 e. The van der Waals surface area contributed by atoms with Crippen molar-refractivity contribution in [2.75, 3.05) is 6.61 Å². The molecule has 0 unspecified atom stereocenters. The van der Waals surface area contributed by atoms with E-state index in [-0.39, 0.29) is 0 Å². The van der Waals surface area contributed by atoms with Gasteiger partial charge in [0.15, 0.2) is 6.29 Å². The smallest absolute Gasteiger partial charge is 0.153 e. The highest BCUT2D eigenvalue weighted by molar-refractivity contribution is 5.81. The van der Waals surface area contributed by atoms with Gasteiger partial charge in [-0.1, -0.05) is 12.1 Å². The van der Waals surface area contributed by atoms with Crippen molar-refractivity contribution in [3.05, 3.63) is 29.3 Å². The molecular weight excluding hydrogens is 176 g/mol. The summed E-state index contributed by atoms with van der Waals surface area (Å²) in [5, 5.41) is 0. The van der Waals surface area contributed by atoms with Crippen molar-refractivity contribution in [3.63, 3.8) is 0 Å². The van der Waals surface area contributed by atoms with Crippen molar-refractivity contribution in [1.82, 2.24) is 0 Å². The van der Waals surface area contributed by atoms with Crippen molar-refractivity contribution in [1.29, 1.82) is 0 Å². The summed E-state index contributed by atoms with van der Waals surface area (Å²) >= 11 is 0. The maximum atomic E-state index is 10.8. The lowest BCUT2D eigenvalue weighted by Gasteiger charge is -2.26. The van der Waals surface area contributed by atoms with E-state index in [1.54, 1.807) is 0 Å². The minimum Gasteiger partial charge on any atom is -0.492 e. The van der Waals surface area contributed by atoms with Crippen LogP contribution in [0.3, 0.4) is 0 Å². The number of fused-ring (bicyclic) bond motifs is 2. The lowest BCUT2D eigenvalue weighted by atomic mass is 9.88. The Morgan fingerprint density at radius 3 is 2.86 bits per heavy atom. The largest absolute Gasteiger partial charge is 0.492 e. The highest BCUT2D eigenvalue weighted by atomic mass is 16.5. The van der Waals surface area contributed by atoms with Gasteiger partial charge >= 0.3 is 0 Å². The van der Waals surface area contributed by atoms with E-state index in [9.17, 15) is 4.79 Å². The Balaban J connectivity index is 2.19. The monoisotopic (exact) mass is 188 g/mol. The lowest BCUT2D eigenvalue weighted by Crippen LogP contribution is -2.20. The number of benzene rings is 1. The molecule has 0 aromatic heterocycles. The third-order valence-corrected chi connectivity index (χ3v) is 3.42. The number of ether oxygens (including phenoxy) is 1. The fourth-order valence-corrected chi connectivity index (χ4v) is 2.38. The molecule has 14 heavy (non-hydrogen) atoms. The zero-order valence-corrected chi connectivity index (χ0v) is 7.95. The molecule has 1 saturated carbocycles. The molecule has 0 saturated heterocycles. The molecule has 1 aromatic rings. The van der Waals surface area contributed by atoms with Gasteiger partial charge in [0.05, 0.1) is 12.2 Å². The topological polar surface area (TPSA) is 26.3 Å². The zero-order chi connectivity index (χ0) is 9.60. The second-order valence-electron chi connectivity index (χ2n) is 4.22. The highest BCUT2D eigenvalue weighted by Crippen LogP contribution is 2.56. The number of rotatable bonds is 1. The quantitative estimate of drug-likeness (QED) is 0.632. The van der Waals surface area contributed by atoms with Crippen LogP contribution in [0.5, 0.6) is 5.75 Å². The summed E-state index contributed by atoms with van der Waals surface area (Å²) in [5.41, 5.74) is 2.33. The zero-order valence-electron chi connectivity index (χ0n) is 7.95. The molecule has 1 aliphatic heterocycles. The number of carbonyl (C=O) groups is 1. The molecule has 0 bridgehead atoms. The van der Waals surface area contributed by atoms with Crippen molar-refractivity contribution in [2.45, 2.75) is 24.7 Å². The van der Waals surface area contributed by atoms with Gasteiger partial charge in [-0.15, -0.1) is 0 Å². The first-order valence-electron chi connectivity index (χ1n) is 5.07. The first-order chi connectivity index (χ1) is 6.86. The number of para-hydroxylation sites is 1. The molecule has 2 heteroatoms. The van der Waals surface area contributed by atoms with Gasteiger partial charge in [0.1, 0.15) is 5.75 Å². The Labute approximate surface area is 82.9 Å². The average Bonchev–Trinajstić information content (AvgIpc) is 2.99. The fraction of sp³-hybridized carbons (Fsp3) is 0.417. The van der Waals surface area contributed by atoms with Crippen LogP contribution in [0.25, 0.3) is 0 Å². The van der Waals surface area contributed by atoms with E-state index in [0.717, 1.165) is 25.1 Å². The van der Waals surface area contributed by atoms with Crippen molar-refractivity contribution >= 4 is 6.29 Å². The van der Waals surface area contributed by atoms with Crippen molar-refractivity contribution in [3.8, 4) is 5.75 Å². The minimum atomic E-state index is 0.368. The molecule has 2 aliphatic rings. The molecule has 1 heterocycles. The van der Waals surface area contributed by atoms with Crippen LogP contribution in [0.15, 0.2) is 18.2 Å². The van der Waals surface area contributed by atoms with Crippen LogP contribution in [0.2, 0.25) is 0 Å². The van der Waals surface area contributed by atoms with E-state index in [0.29, 0.717) is 11.0 Å². The second-order valence-corrected chi connectivity index (χ2v) is 4.22. The molecule has 0 amide bonds. The second kappa shape index (κ2) is 2.59. The Morgan fingerprint density at radius 2 is 2.14 bits per heavy atom. The molecule has 72 valence electrons. The van der Waals surface area contributed by atoms with Crippen LogP contribution < -0.4 is 4.74 Å². The van der Waals surface area contributed by atoms with Gasteiger partial charge in [-0.3, -0.25) is 4.79 Å². The van der Waals surface area contributed by atoms with Crippen LogP contribution in [-0.4, -0.2) is 12.9 Å². The van der Waals surface area contributed by atoms with Crippen LogP contribution in [0, 0.1) is 0 Å². The fourth-order valence-electron chi connectivity index (χ4n) is 2.38. The van der Waals surface area contributed by atoms with Crippen LogP contribution >= 0.6 is 0 Å². The minimum absolute atomic E-state index is 0.368. The molecule has 1 aliphatic carbocycles. The number of hydrogen-bond donors (Lipinski definition) is 0. The predicted molar refractivity (Wildman–Crippen MR) is 52.9 cm³/mol. The Bertz CT molecular complexity index is 391. The summed E-state index contributed by atoms with van der Waals surface area (Å²) < 4.78 is 5.59. The summed E-state index contributed by atoms with van der Waals surface area (Å²) in [5.74, 6) is 0.839. The van der Waals surface area contributed by atoms with E-state index in [2.05, 4.69) is 6.07 Å². The van der Waals surface area contributed by atoms with Gasteiger partial charge < -0.3 is 4.74 Å². The van der Waals surface area contributed by atoms with Crippen molar-refractivity contribution < 1.29 is 9.53 Å². The molecule has 1 fully saturated rings. The van der Waals surface area contributed by atoms with Gasteiger partial charge in [-0.05, 0) is 25.3 Å². The molecule has 1 aromatic carbocycles. The van der Waals surface area contributed by atoms with Crippen LogP contribution in [0.4, 0.5) is 0 Å². The Hall–Kier alpha value is -1.31. The van der Waals surface area contributed by atoms with E-state index in [1.165, 1.54) is 18.4 Å². The summed E-state index contributed by atoms with van der Waals surface area (Å²) in [7, 11) is 0. The summed E-state index contributed by atoms with van der Waals surface area (Å²) in [6.45, 7) is 0.762. The molecule has 0 atom stereocenters. The summed E-state index contributed by atoms with van der Waals surface area (Å²) in [6.07, 6.45) is 4.51. The van der Waals surface area contributed by atoms with Gasteiger partial charge in [0, 0.05) is 11.0 Å². The van der Waals surface area contributed by atoms with Gasteiger partial charge in [0.2, 0.25) is 0 Å². The summed E-state index contributed by atoms with van der Waals surface area (Å²) in [4.78, 5) is 10.8. The normalized spacial score (nSPS) is 21.1. The predicted octanol–water partition coefficient (Wildman–Crippen LogP) is 2.31. The maximum absolute atomic E-state index is 10.8. The third kappa shape index (κ3) is 0.939. The van der Waals surface area contributed by atoms with E-state index in [1.807, 2.05) is 12.1 Å². The Kier molecular flexibility index (Phi) is 1.49. The molecule has 0 N–H and O–H groups in total. The number of carbonyl (C=O) groups excluding carboxylic acids is 1. The summed E-state index contributed by atoms with van der Waals surface area (Å²) in [6, 6.07) is 5.89. The number of aldehydes is 1. The molecule has 3 rings (SSSR count). The van der Waals surface area contributed by atoms with Crippen LogP contribution in [-0.2, 0) is 5.41 Å². The van der Waals surface area contributed by atoms with E-state index >= 15 is 0 Å².